The average molecular weight is 371 g/mol. The maximum Gasteiger partial charge on any atom is 0.263 e. The molecule has 4 aromatic rings. The maximum absolute atomic E-state index is 12.3. The normalized spacial score (nSPS) is 10.9. The summed E-state index contributed by atoms with van der Waals surface area (Å²) in [5.41, 5.74) is 1.69. The zero-order valence-electron chi connectivity index (χ0n) is 13.2. The molecule has 7 nitrogen and oxygen atoms in total. The molecule has 1 amide bonds. The van der Waals surface area contributed by atoms with Gasteiger partial charge in [0.05, 0.1) is 30.9 Å². The van der Waals surface area contributed by atoms with Gasteiger partial charge in [-0.25, -0.2) is 9.97 Å². The number of aromatic nitrogens is 4. The molecule has 4 aromatic heterocycles. The Hall–Kier alpha value is -2.78. The minimum absolute atomic E-state index is 0.166. The van der Waals surface area contributed by atoms with E-state index in [1.807, 2.05) is 30.8 Å². The number of hydrogen-bond acceptors (Lipinski definition) is 7. The molecule has 0 unspecified atom stereocenters. The lowest BCUT2D eigenvalue weighted by Crippen LogP contribution is -2.21. The molecule has 4 heterocycles. The summed E-state index contributed by atoms with van der Waals surface area (Å²) < 4.78 is 7.03. The molecule has 126 valence electrons. The first-order valence-electron chi connectivity index (χ1n) is 7.40. The predicted molar refractivity (Wildman–Crippen MR) is 95.3 cm³/mol. The van der Waals surface area contributed by atoms with Gasteiger partial charge in [-0.15, -0.1) is 22.7 Å². The van der Waals surface area contributed by atoms with Gasteiger partial charge in [0.1, 0.15) is 9.88 Å². The zero-order chi connectivity index (χ0) is 17.2. The smallest absolute Gasteiger partial charge is 0.263 e. The van der Waals surface area contributed by atoms with Gasteiger partial charge in [-0.05, 0) is 12.1 Å². The minimum Gasteiger partial charge on any atom is -0.462 e. The quantitative estimate of drug-likeness (QED) is 0.582. The van der Waals surface area contributed by atoms with Gasteiger partial charge in [0.15, 0.2) is 10.8 Å². The van der Waals surface area contributed by atoms with Crippen molar-refractivity contribution < 1.29 is 9.21 Å². The third kappa shape index (κ3) is 3.37. The molecular formula is C16H13N5O2S2. The van der Waals surface area contributed by atoms with E-state index in [-0.39, 0.29) is 5.91 Å². The van der Waals surface area contributed by atoms with Crippen molar-refractivity contribution in [3.63, 3.8) is 0 Å². The lowest BCUT2D eigenvalue weighted by Gasteiger charge is -1.99. The number of carbonyl (C=O) groups is 1. The van der Waals surface area contributed by atoms with Crippen molar-refractivity contribution in [3.05, 3.63) is 52.9 Å². The largest absolute Gasteiger partial charge is 0.462 e. The molecule has 1 N–H and O–H groups in total. The van der Waals surface area contributed by atoms with Crippen molar-refractivity contribution in [1.82, 2.24) is 25.1 Å². The number of nitrogens with zero attached hydrogens (tertiary/aromatic N) is 4. The molecule has 0 atom stereocenters. The highest BCUT2D eigenvalue weighted by atomic mass is 32.1. The lowest BCUT2D eigenvalue weighted by atomic mass is 10.4. The molecule has 0 saturated heterocycles. The summed E-state index contributed by atoms with van der Waals surface area (Å²) in [6.45, 7) is 0.357. The van der Waals surface area contributed by atoms with Crippen LogP contribution in [0.15, 0.2) is 46.8 Å². The number of amides is 1. The van der Waals surface area contributed by atoms with Crippen LogP contribution >= 0.6 is 22.7 Å². The van der Waals surface area contributed by atoms with Crippen LogP contribution in [0.5, 0.6) is 0 Å². The van der Waals surface area contributed by atoms with E-state index in [9.17, 15) is 4.79 Å². The number of rotatable bonds is 5. The summed E-state index contributed by atoms with van der Waals surface area (Å²) >= 11 is 2.82. The molecule has 0 fully saturated rings. The molecule has 0 saturated carbocycles. The number of furan rings is 1. The molecule has 25 heavy (non-hydrogen) atoms. The highest BCUT2D eigenvalue weighted by Gasteiger charge is 2.13. The molecule has 4 rings (SSSR count). The van der Waals surface area contributed by atoms with Crippen LogP contribution in [0.1, 0.15) is 15.4 Å². The minimum atomic E-state index is -0.166. The molecule has 0 aliphatic carbocycles. The van der Waals surface area contributed by atoms with Gasteiger partial charge >= 0.3 is 0 Å². The average Bonchev–Trinajstić information content (AvgIpc) is 3.38. The Labute approximate surface area is 151 Å². The molecule has 9 heteroatoms. The zero-order valence-corrected chi connectivity index (χ0v) is 14.8. The van der Waals surface area contributed by atoms with Crippen LogP contribution in [-0.4, -0.2) is 25.7 Å². The van der Waals surface area contributed by atoms with E-state index in [1.165, 1.54) is 22.7 Å². The van der Waals surface area contributed by atoms with E-state index in [2.05, 4.69) is 20.4 Å². The Morgan fingerprint density at radius 3 is 3.04 bits per heavy atom. The number of nitrogens with one attached hydrogen (secondary N) is 1. The van der Waals surface area contributed by atoms with Crippen LogP contribution in [0.3, 0.4) is 0 Å². The Kier molecular flexibility index (Phi) is 4.16. The van der Waals surface area contributed by atoms with Crippen LogP contribution in [0.25, 0.3) is 21.3 Å². The molecule has 0 radical (unpaired) electrons. The summed E-state index contributed by atoms with van der Waals surface area (Å²) in [6, 6.07) is 3.68. The third-order valence-corrected chi connectivity index (χ3v) is 5.35. The van der Waals surface area contributed by atoms with Crippen molar-refractivity contribution in [2.75, 3.05) is 0 Å². The third-order valence-electron chi connectivity index (χ3n) is 3.40. The highest BCUT2D eigenvalue weighted by molar-refractivity contribution is 7.16. The standard InChI is InChI=1S/C16H13N5O2S2/c1-21-8-10(5-19-21)15-18-7-13(25-15)14(22)17-6-11-9-24-16(20-11)12-3-2-4-23-12/h2-5,7-9H,6H2,1H3,(H,17,22). The first-order valence-corrected chi connectivity index (χ1v) is 9.10. The van der Waals surface area contributed by atoms with Gasteiger partial charge in [0.2, 0.25) is 0 Å². The summed E-state index contributed by atoms with van der Waals surface area (Å²) in [4.78, 5) is 21.6. The predicted octanol–water partition coefficient (Wildman–Crippen LogP) is 3.19. The van der Waals surface area contributed by atoms with Crippen LogP contribution in [0, 0.1) is 0 Å². The van der Waals surface area contributed by atoms with E-state index < -0.39 is 0 Å². The van der Waals surface area contributed by atoms with E-state index >= 15 is 0 Å². The number of hydrogen-bond donors (Lipinski definition) is 1. The Morgan fingerprint density at radius 2 is 2.28 bits per heavy atom. The highest BCUT2D eigenvalue weighted by Crippen LogP contribution is 2.25. The van der Waals surface area contributed by atoms with Crippen molar-refractivity contribution in [2.24, 2.45) is 7.05 Å². The summed E-state index contributed by atoms with van der Waals surface area (Å²) in [5.74, 6) is 0.561. The molecule has 0 aliphatic heterocycles. The van der Waals surface area contributed by atoms with Gasteiger partial charge in [0.25, 0.3) is 5.91 Å². The van der Waals surface area contributed by atoms with Gasteiger partial charge in [-0.1, -0.05) is 0 Å². The van der Waals surface area contributed by atoms with Gasteiger partial charge in [-0.3, -0.25) is 9.48 Å². The van der Waals surface area contributed by atoms with Crippen LogP contribution in [0.4, 0.5) is 0 Å². The first kappa shape index (κ1) is 15.7. The number of aryl methyl sites for hydroxylation is 1. The second-order valence-corrected chi connectivity index (χ2v) is 7.13. The molecular weight excluding hydrogens is 358 g/mol. The van der Waals surface area contributed by atoms with Crippen molar-refractivity contribution in [1.29, 1.82) is 0 Å². The Balaban J connectivity index is 1.40. The SMILES string of the molecule is Cn1cc(-c2ncc(C(=O)NCc3csc(-c4ccco4)n3)s2)cn1. The maximum atomic E-state index is 12.3. The molecule has 0 aliphatic rings. The summed E-state index contributed by atoms with van der Waals surface area (Å²) in [7, 11) is 1.84. The lowest BCUT2D eigenvalue weighted by molar-refractivity contribution is 0.0954. The second kappa shape index (κ2) is 6.61. The Morgan fingerprint density at radius 1 is 1.36 bits per heavy atom. The van der Waals surface area contributed by atoms with E-state index in [0.29, 0.717) is 11.4 Å². The van der Waals surface area contributed by atoms with Gasteiger partial charge in [0, 0.05) is 24.2 Å². The van der Waals surface area contributed by atoms with Crippen LogP contribution < -0.4 is 5.32 Å². The topological polar surface area (TPSA) is 85.8 Å². The fourth-order valence-corrected chi connectivity index (χ4v) is 3.80. The fraction of sp³-hybridized carbons (Fsp3) is 0.125. The van der Waals surface area contributed by atoms with Gasteiger partial charge < -0.3 is 9.73 Å². The Bertz CT molecular complexity index is 1000. The van der Waals surface area contributed by atoms with Crippen molar-refractivity contribution in [3.8, 4) is 21.3 Å². The number of thiazole rings is 2. The fourth-order valence-electron chi connectivity index (χ4n) is 2.20. The van der Waals surface area contributed by atoms with Gasteiger partial charge in [-0.2, -0.15) is 5.10 Å². The molecule has 0 spiro atoms. The van der Waals surface area contributed by atoms with E-state index in [0.717, 1.165) is 27.0 Å². The summed E-state index contributed by atoms with van der Waals surface area (Å²) in [6.07, 6.45) is 6.79. The van der Waals surface area contributed by atoms with Crippen LogP contribution in [0.2, 0.25) is 0 Å². The van der Waals surface area contributed by atoms with Crippen molar-refractivity contribution >= 4 is 28.6 Å². The van der Waals surface area contributed by atoms with Crippen LogP contribution in [-0.2, 0) is 13.6 Å². The summed E-state index contributed by atoms with van der Waals surface area (Å²) in [5, 5.41) is 10.5. The number of carbonyl (C=O) groups excluding carboxylic acids is 1. The second-order valence-electron chi connectivity index (χ2n) is 5.24. The first-order chi connectivity index (χ1) is 12.2. The molecule has 0 bridgehead atoms. The van der Waals surface area contributed by atoms with E-state index in [4.69, 9.17) is 4.42 Å². The molecule has 0 aromatic carbocycles. The van der Waals surface area contributed by atoms with Crippen molar-refractivity contribution in [2.45, 2.75) is 6.54 Å². The van der Waals surface area contributed by atoms with E-state index in [1.54, 1.807) is 23.3 Å². The monoisotopic (exact) mass is 371 g/mol.